The summed E-state index contributed by atoms with van der Waals surface area (Å²) in [5.41, 5.74) is 10.2. The van der Waals surface area contributed by atoms with Crippen LogP contribution in [0.25, 0.3) is 22.3 Å². The molecule has 7 rings (SSSR count). The molecule has 0 spiro atoms. The number of nitrogen functional groups attached to an aromatic ring is 2. The number of nitrogens with one attached hydrogen (secondary N) is 1. The standard InChI is InChI=1S/C23H29FN10O9P2S3/c1-3-23-5-40-45(37,47)42-13-10(24)9(48-21(13)34-8-30-12-18(34)31-22(26)32-19(12)35)4-39-44(36,46)43-15(23)14(38-2)20(41-23)33-7-29-11-16(25)27-6-28-17(11)33/h6-10,13-15,20-21H,3-5H2,1-2H3,(H,36,46)(H,37,47)(H2,25,27,28)(H3,26,31,32,35)/t9-,10+,13-,14-,15+,20-,21-,23-,44?,45?/m1/s1. The number of thioether (sulfide) groups is 1. The van der Waals surface area contributed by atoms with E-state index in [1.807, 2.05) is 0 Å². The van der Waals surface area contributed by atoms with Crippen molar-refractivity contribution in [2.24, 2.45) is 0 Å². The Hall–Kier alpha value is -2.30. The lowest BCUT2D eigenvalue weighted by atomic mass is 9.93. The van der Waals surface area contributed by atoms with Gasteiger partial charge in [0.2, 0.25) is 5.95 Å². The number of thiol groups is 2. The first-order chi connectivity index (χ1) is 22.8. The van der Waals surface area contributed by atoms with Crippen LogP contribution in [0.15, 0.2) is 23.8 Å². The fourth-order valence-corrected chi connectivity index (χ4v) is 10.6. The normalized spacial score (nSPS) is 37.6. The van der Waals surface area contributed by atoms with Gasteiger partial charge in [-0.15, -0.1) is 11.8 Å². The highest BCUT2D eigenvalue weighted by molar-refractivity contribution is 8.44. The molecule has 3 aliphatic heterocycles. The molecule has 0 aromatic carbocycles. The molecule has 4 aromatic rings. The molecule has 7 heterocycles. The number of imidazole rings is 2. The molecular formula is C23H29FN10O9P2S3. The van der Waals surface area contributed by atoms with Gasteiger partial charge in [0.15, 0.2) is 28.9 Å². The monoisotopic (exact) mass is 766 g/mol. The zero-order valence-corrected chi connectivity index (χ0v) is 29.3. The lowest BCUT2D eigenvalue weighted by Gasteiger charge is -2.35. The van der Waals surface area contributed by atoms with Gasteiger partial charge in [-0.3, -0.25) is 37.0 Å². The van der Waals surface area contributed by atoms with Crippen molar-refractivity contribution in [2.75, 3.05) is 31.8 Å². The summed E-state index contributed by atoms with van der Waals surface area (Å²) in [4.78, 5) is 35.5. The van der Waals surface area contributed by atoms with Crippen LogP contribution < -0.4 is 17.0 Å². The minimum atomic E-state index is -4.41. The maximum absolute atomic E-state index is 16.2. The molecule has 3 fully saturated rings. The van der Waals surface area contributed by atoms with E-state index < -0.39 is 79.3 Å². The minimum Gasteiger partial charge on any atom is -0.382 e. The molecule has 10 atom stereocenters. The fourth-order valence-electron chi connectivity index (χ4n) is 6.01. The summed E-state index contributed by atoms with van der Waals surface area (Å²) in [6.07, 6.45) is -2.60. The number of aromatic nitrogens is 8. The predicted molar refractivity (Wildman–Crippen MR) is 176 cm³/mol. The Kier molecular flexibility index (Phi) is 8.88. The summed E-state index contributed by atoms with van der Waals surface area (Å²) in [6, 6.07) is 0. The van der Waals surface area contributed by atoms with E-state index in [1.165, 1.54) is 35.2 Å². The molecule has 3 saturated heterocycles. The van der Waals surface area contributed by atoms with E-state index in [4.69, 9.17) is 39.0 Å². The van der Waals surface area contributed by atoms with E-state index in [2.05, 4.69) is 54.4 Å². The summed E-state index contributed by atoms with van der Waals surface area (Å²) in [6.45, 7) is -8.00. The number of nitrogens with zero attached hydrogens (tertiary/aromatic N) is 7. The van der Waals surface area contributed by atoms with Crippen molar-refractivity contribution in [1.82, 2.24) is 39.0 Å². The van der Waals surface area contributed by atoms with Gasteiger partial charge < -0.3 is 20.9 Å². The van der Waals surface area contributed by atoms with Crippen LogP contribution in [-0.2, 0) is 36.7 Å². The lowest BCUT2D eigenvalue weighted by Crippen LogP contribution is -2.48. The number of hydrogen-bond donors (Lipinski definition) is 5. The SMILES string of the molecule is CC[C@@]12COP(=O)(S)O[C@@H]3[C@@H](F)[C@@H](COP(=O)(S)O[C@H]1[C@@H](OC)[C@H](n1cnc4c(N)ncnc41)O2)S[C@H]3n1cnc2c(=O)[nH]c(N)nc21. The number of nitrogens with two attached hydrogens (primary N) is 2. The van der Waals surface area contributed by atoms with E-state index in [9.17, 15) is 13.9 Å². The number of alkyl halides is 1. The van der Waals surface area contributed by atoms with Crippen molar-refractivity contribution in [3.8, 4) is 0 Å². The molecule has 19 nitrogen and oxygen atoms in total. The van der Waals surface area contributed by atoms with Crippen LogP contribution in [0.4, 0.5) is 16.2 Å². The summed E-state index contributed by atoms with van der Waals surface area (Å²) in [7, 11) is 1.39. The molecule has 0 saturated carbocycles. The molecule has 5 N–H and O–H groups in total. The van der Waals surface area contributed by atoms with Crippen LogP contribution in [0.5, 0.6) is 0 Å². The first-order valence-electron chi connectivity index (χ1n) is 14.2. The highest BCUT2D eigenvalue weighted by Crippen LogP contribution is 2.63. The maximum atomic E-state index is 16.2. The number of anilines is 2. The van der Waals surface area contributed by atoms with Crippen molar-refractivity contribution in [3.05, 3.63) is 29.3 Å². The highest BCUT2D eigenvalue weighted by Gasteiger charge is 2.60. The number of aromatic amines is 1. The largest absolute Gasteiger partial charge is 0.386 e. The van der Waals surface area contributed by atoms with Crippen molar-refractivity contribution in [2.45, 2.75) is 60.3 Å². The zero-order valence-electron chi connectivity index (χ0n) is 24.9. The second kappa shape index (κ2) is 12.5. The van der Waals surface area contributed by atoms with E-state index in [-0.39, 0.29) is 29.4 Å². The Labute approximate surface area is 284 Å². The van der Waals surface area contributed by atoms with Gasteiger partial charge in [-0.25, -0.2) is 33.5 Å². The molecule has 0 aliphatic carbocycles. The zero-order chi connectivity index (χ0) is 34.2. The number of methoxy groups -OCH3 is 1. The Morgan fingerprint density at radius 2 is 1.83 bits per heavy atom. The van der Waals surface area contributed by atoms with Crippen molar-refractivity contribution < 1.29 is 41.1 Å². The first kappa shape index (κ1) is 34.2. The van der Waals surface area contributed by atoms with Crippen molar-refractivity contribution in [1.29, 1.82) is 0 Å². The Morgan fingerprint density at radius 1 is 1.10 bits per heavy atom. The summed E-state index contributed by atoms with van der Waals surface area (Å²) in [5.74, 6) is -0.0700. The summed E-state index contributed by atoms with van der Waals surface area (Å²) < 4.78 is 82.4. The third-order valence-corrected chi connectivity index (χ3v) is 13.1. The Bertz CT molecular complexity index is 2040. The van der Waals surface area contributed by atoms with Crippen LogP contribution in [-0.4, -0.2) is 94.7 Å². The van der Waals surface area contributed by atoms with Crippen LogP contribution in [0, 0.1) is 0 Å². The van der Waals surface area contributed by atoms with Gasteiger partial charge in [0, 0.05) is 7.11 Å². The first-order valence-corrected chi connectivity index (χ1v) is 20.6. The van der Waals surface area contributed by atoms with E-state index in [0.29, 0.717) is 11.2 Å². The van der Waals surface area contributed by atoms with Crippen LogP contribution in [0.1, 0.15) is 24.9 Å². The second-order valence-corrected chi connectivity index (χ2v) is 18.2. The second-order valence-electron chi connectivity index (χ2n) is 11.1. The Morgan fingerprint density at radius 3 is 2.58 bits per heavy atom. The van der Waals surface area contributed by atoms with Crippen LogP contribution in [0.2, 0.25) is 0 Å². The third-order valence-electron chi connectivity index (χ3n) is 8.35. The number of H-pyrrole nitrogens is 1. The van der Waals surface area contributed by atoms with E-state index in [0.717, 1.165) is 11.8 Å². The van der Waals surface area contributed by atoms with E-state index in [1.54, 1.807) is 6.92 Å². The van der Waals surface area contributed by atoms with Crippen LogP contribution in [0.3, 0.4) is 0 Å². The van der Waals surface area contributed by atoms with Gasteiger partial charge in [-0.05, 0) is 6.42 Å². The number of halogens is 1. The minimum absolute atomic E-state index is 0.0261. The van der Waals surface area contributed by atoms with Gasteiger partial charge in [0.05, 0.1) is 31.1 Å². The number of hydrogen-bond acceptors (Lipinski definition) is 17. The van der Waals surface area contributed by atoms with Gasteiger partial charge in [0.25, 0.3) is 5.56 Å². The predicted octanol–water partition coefficient (Wildman–Crippen LogP) is 2.66. The smallest absolute Gasteiger partial charge is 0.382 e. The quantitative estimate of drug-likeness (QED) is 0.148. The van der Waals surface area contributed by atoms with Gasteiger partial charge in [-0.2, -0.15) is 4.98 Å². The fraction of sp³-hybridized carbons (Fsp3) is 0.565. The average molecular weight is 767 g/mol. The lowest BCUT2D eigenvalue weighted by molar-refractivity contribution is -0.122. The van der Waals surface area contributed by atoms with Crippen molar-refractivity contribution >= 4 is 83.9 Å². The van der Waals surface area contributed by atoms with Crippen molar-refractivity contribution in [3.63, 3.8) is 0 Å². The van der Waals surface area contributed by atoms with E-state index >= 15 is 4.39 Å². The molecule has 0 radical (unpaired) electrons. The third kappa shape index (κ3) is 5.85. The summed E-state index contributed by atoms with van der Waals surface area (Å²) in [5, 5.41) is -2.10. The molecule has 48 heavy (non-hydrogen) atoms. The maximum Gasteiger partial charge on any atom is 0.386 e. The van der Waals surface area contributed by atoms with Gasteiger partial charge in [-0.1, -0.05) is 31.4 Å². The molecular weight excluding hydrogens is 737 g/mol. The van der Waals surface area contributed by atoms with Gasteiger partial charge >= 0.3 is 13.6 Å². The van der Waals surface area contributed by atoms with Gasteiger partial charge in [0.1, 0.15) is 47.3 Å². The topological polar surface area (TPSA) is 249 Å². The molecule has 260 valence electrons. The van der Waals surface area contributed by atoms with Crippen LogP contribution >= 0.6 is 49.9 Å². The highest BCUT2D eigenvalue weighted by atomic mass is 32.7. The molecule has 3 aliphatic rings. The average Bonchev–Trinajstić information content (AvgIpc) is 3.79. The molecule has 2 unspecified atom stereocenters. The molecule has 0 amide bonds. The number of rotatable bonds is 4. The molecule has 2 bridgehead atoms. The summed E-state index contributed by atoms with van der Waals surface area (Å²) >= 11 is 9.39. The molecule has 4 aromatic heterocycles. The Balaban J connectivity index is 1.26. The molecule has 25 heteroatoms. The number of fused-ring (bicyclic) bond motifs is 5. The number of ether oxygens (including phenoxy) is 2.